The summed E-state index contributed by atoms with van der Waals surface area (Å²) in [5, 5.41) is 6.11. The van der Waals surface area contributed by atoms with Crippen molar-refractivity contribution in [2.75, 3.05) is 18.4 Å². The van der Waals surface area contributed by atoms with Gasteiger partial charge < -0.3 is 10.6 Å². The van der Waals surface area contributed by atoms with E-state index in [9.17, 15) is 4.39 Å². The molecule has 0 spiro atoms. The van der Waals surface area contributed by atoms with Crippen molar-refractivity contribution in [2.45, 2.75) is 12.2 Å². The van der Waals surface area contributed by atoms with Crippen molar-refractivity contribution in [2.24, 2.45) is 0 Å². The molecule has 1 fully saturated rings. The molecule has 2 N–H and O–H groups in total. The number of fused-ring (bicyclic) bond motifs is 1. The third kappa shape index (κ3) is 2.29. The highest BCUT2D eigenvalue weighted by molar-refractivity contribution is 5.60. The Morgan fingerprint density at radius 1 is 1.23 bits per heavy atom. The number of halogens is 1. The van der Waals surface area contributed by atoms with Crippen molar-refractivity contribution in [3.05, 3.63) is 43.0 Å². The summed E-state index contributed by atoms with van der Waals surface area (Å²) in [6.07, 6.45) is 6.07. The van der Waals surface area contributed by atoms with E-state index in [0.29, 0.717) is 24.6 Å². The monoisotopic (exact) mass is 298 g/mol. The van der Waals surface area contributed by atoms with Crippen LogP contribution >= 0.6 is 0 Å². The highest BCUT2D eigenvalue weighted by atomic mass is 19.1. The zero-order valence-corrected chi connectivity index (χ0v) is 11.8. The van der Waals surface area contributed by atoms with E-state index in [-0.39, 0.29) is 6.04 Å². The third-order valence-electron chi connectivity index (χ3n) is 3.79. The summed E-state index contributed by atoms with van der Waals surface area (Å²) in [5.41, 5.74) is 2.40. The van der Waals surface area contributed by atoms with Gasteiger partial charge in [0.2, 0.25) is 0 Å². The Kier molecular flexibility index (Phi) is 3.19. The average molecular weight is 298 g/mol. The summed E-state index contributed by atoms with van der Waals surface area (Å²) in [4.78, 5) is 13.1. The van der Waals surface area contributed by atoms with E-state index in [1.165, 1.54) is 0 Å². The second-order valence-corrected chi connectivity index (χ2v) is 5.29. The average Bonchev–Trinajstić information content (AvgIpc) is 3.14. The number of nitrogens with zero attached hydrogens (tertiary/aromatic N) is 4. The number of aromatic nitrogens is 4. The lowest BCUT2D eigenvalue weighted by atomic mass is 10.2. The molecule has 3 aromatic rings. The van der Waals surface area contributed by atoms with Crippen LogP contribution in [0.1, 0.15) is 0 Å². The summed E-state index contributed by atoms with van der Waals surface area (Å²) in [5.74, 6) is 0.569. The van der Waals surface area contributed by atoms with Crippen LogP contribution in [0.5, 0.6) is 0 Å². The van der Waals surface area contributed by atoms with Crippen molar-refractivity contribution < 1.29 is 4.39 Å². The molecule has 6 nitrogen and oxygen atoms in total. The lowest BCUT2D eigenvalue weighted by molar-refractivity contribution is 0.342. The molecule has 1 aliphatic heterocycles. The minimum absolute atomic E-state index is 0.272. The zero-order valence-electron chi connectivity index (χ0n) is 11.8. The molecule has 0 aliphatic carbocycles. The number of pyridine rings is 1. The normalized spacial score (nSPS) is 21.3. The van der Waals surface area contributed by atoms with Gasteiger partial charge in [-0.2, -0.15) is 0 Å². The fourth-order valence-electron chi connectivity index (χ4n) is 2.66. The van der Waals surface area contributed by atoms with E-state index in [4.69, 9.17) is 0 Å². The Balaban J connectivity index is 1.67. The molecule has 2 atom stereocenters. The number of rotatable bonds is 3. The van der Waals surface area contributed by atoms with Crippen LogP contribution in [0.3, 0.4) is 0 Å². The van der Waals surface area contributed by atoms with Gasteiger partial charge in [0.05, 0.1) is 30.3 Å². The van der Waals surface area contributed by atoms with Crippen molar-refractivity contribution in [3.63, 3.8) is 0 Å². The van der Waals surface area contributed by atoms with Crippen LogP contribution in [0.4, 0.5) is 10.2 Å². The van der Waals surface area contributed by atoms with Crippen LogP contribution in [0.2, 0.25) is 0 Å². The van der Waals surface area contributed by atoms with E-state index in [0.717, 1.165) is 11.3 Å². The maximum absolute atomic E-state index is 13.7. The predicted molar refractivity (Wildman–Crippen MR) is 81.4 cm³/mol. The van der Waals surface area contributed by atoms with E-state index in [1.54, 1.807) is 18.6 Å². The molecule has 1 saturated heterocycles. The third-order valence-corrected chi connectivity index (χ3v) is 3.79. The number of hydrogen-bond acceptors (Lipinski definition) is 5. The number of anilines is 1. The molecule has 2 unspecified atom stereocenters. The quantitative estimate of drug-likeness (QED) is 0.767. The van der Waals surface area contributed by atoms with Crippen molar-refractivity contribution >= 4 is 11.5 Å². The molecule has 0 aromatic carbocycles. The predicted octanol–water partition coefficient (Wildman–Crippen LogP) is 1.51. The molecular weight excluding hydrogens is 283 g/mol. The summed E-state index contributed by atoms with van der Waals surface area (Å²) < 4.78 is 15.6. The van der Waals surface area contributed by atoms with Gasteiger partial charge in [0, 0.05) is 19.3 Å². The first-order chi connectivity index (χ1) is 10.8. The number of alkyl halides is 1. The molecule has 7 heteroatoms. The molecular formula is C15H15FN6. The second-order valence-electron chi connectivity index (χ2n) is 5.29. The van der Waals surface area contributed by atoms with Gasteiger partial charge >= 0.3 is 0 Å². The Labute approximate surface area is 126 Å². The lowest BCUT2D eigenvalue weighted by Crippen LogP contribution is -2.29. The minimum Gasteiger partial charge on any atom is -0.362 e. The summed E-state index contributed by atoms with van der Waals surface area (Å²) in [7, 11) is 0. The smallest absolute Gasteiger partial charge is 0.145 e. The largest absolute Gasteiger partial charge is 0.362 e. The van der Waals surface area contributed by atoms with Crippen LogP contribution in [-0.2, 0) is 0 Å². The number of imidazole rings is 1. The maximum atomic E-state index is 13.7. The van der Waals surface area contributed by atoms with Gasteiger partial charge in [0.25, 0.3) is 0 Å². The highest BCUT2D eigenvalue weighted by Crippen LogP contribution is 2.20. The Bertz CT molecular complexity index is 801. The van der Waals surface area contributed by atoms with Crippen LogP contribution < -0.4 is 10.6 Å². The molecule has 1 aliphatic rings. The number of nitrogens with one attached hydrogen (secondary N) is 2. The van der Waals surface area contributed by atoms with Crippen LogP contribution in [0, 0.1) is 0 Å². The highest BCUT2D eigenvalue weighted by Gasteiger charge is 2.26. The standard InChI is InChI=1S/C15H15FN6/c16-10-5-17-6-11(10)20-14-9-18-7-12(21-14)13-8-19-15-3-1-2-4-22(13)15/h1-4,7-11,17H,5-6H2,(H,20,21). The topological polar surface area (TPSA) is 67.1 Å². The van der Waals surface area contributed by atoms with Gasteiger partial charge in [-0.15, -0.1) is 0 Å². The Morgan fingerprint density at radius 3 is 3.05 bits per heavy atom. The van der Waals surface area contributed by atoms with Crippen LogP contribution in [-0.4, -0.2) is 44.7 Å². The maximum Gasteiger partial charge on any atom is 0.145 e. The molecule has 3 aromatic heterocycles. The summed E-state index contributed by atoms with van der Waals surface area (Å²) >= 11 is 0. The first-order valence-corrected chi connectivity index (χ1v) is 7.17. The van der Waals surface area contributed by atoms with Gasteiger partial charge in [0.15, 0.2) is 0 Å². The fraction of sp³-hybridized carbons (Fsp3) is 0.267. The van der Waals surface area contributed by atoms with Gasteiger partial charge in [-0.05, 0) is 12.1 Å². The molecule has 22 heavy (non-hydrogen) atoms. The number of hydrogen-bond donors (Lipinski definition) is 2. The summed E-state index contributed by atoms with van der Waals surface area (Å²) in [6, 6.07) is 5.53. The van der Waals surface area contributed by atoms with Crippen LogP contribution in [0.15, 0.2) is 43.0 Å². The van der Waals surface area contributed by atoms with E-state index >= 15 is 0 Å². The van der Waals surface area contributed by atoms with Crippen molar-refractivity contribution in [1.82, 2.24) is 24.7 Å². The SMILES string of the molecule is FC1CNCC1Nc1cncc(-c2cnc3ccccn23)n1. The lowest BCUT2D eigenvalue weighted by Gasteiger charge is -2.14. The molecule has 4 rings (SSSR count). The van der Waals surface area contributed by atoms with Gasteiger partial charge in [0.1, 0.15) is 23.3 Å². The van der Waals surface area contributed by atoms with Crippen molar-refractivity contribution in [1.29, 1.82) is 0 Å². The minimum atomic E-state index is -0.916. The van der Waals surface area contributed by atoms with E-state index < -0.39 is 6.17 Å². The zero-order chi connectivity index (χ0) is 14.9. The van der Waals surface area contributed by atoms with E-state index in [2.05, 4.69) is 25.6 Å². The molecule has 0 bridgehead atoms. The van der Waals surface area contributed by atoms with Gasteiger partial charge in [-0.3, -0.25) is 9.38 Å². The molecule has 4 heterocycles. The molecule has 0 amide bonds. The molecule has 0 radical (unpaired) electrons. The van der Waals surface area contributed by atoms with Crippen LogP contribution in [0.25, 0.3) is 17.0 Å². The Hall–Kier alpha value is -2.54. The van der Waals surface area contributed by atoms with E-state index in [1.807, 2.05) is 28.8 Å². The first-order valence-electron chi connectivity index (χ1n) is 7.17. The Morgan fingerprint density at radius 2 is 2.18 bits per heavy atom. The molecule has 112 valence electrons. The first kappa shape index (κ1) is 13.1. The molecule has 0 saturated carbocycles. The summed E-state index contributed by atoms with van der Waals surface area (Å²) in [6.45, 7) is 0.959. The van der Waals surface area contributed by atoms with Crippen molar-refractivity contribution in [3.8, 4) is 11.4 Å². The van der Waals surface area contributed by atoms with Gasteiger partial charge in [-0.25, -0.2) is 14.4 Å². The fourth-order valence-corrected chi connectivity index (χ4v) is 2.66. The second kappa shape index (κ2) is 5.34. The van der Waals surface area contributed by atoms with Gasteiger partial charge in [-0.1, -0.05) is 6.07 Å².